The van der Waals surface area contributed by atoms with Crippen LogP contribution in [0.2, 0.25) is 0 Å². The van der Waals surface area contributed by atoms with Gasteiger partial charge in [0.2, 0.25) is 5.91 Å². The van der Waals surface area contributed by atoms with E-state index in [-0.39, 0.29) is 48.1 Å². The lowest BCUT2D eigenvalue weighted by molar-refractivity contribution is -0.144. The van der Waals surface area contributed by atoms with E-state index in [0.29, 0.717) is 38.2 Å². The van der Waals surface area contributed by atoms with E-state index < -0.39 is 11.6 Å². The number of benzene rings is 2. The van der Waals surface area contributed by atoms with Gasteiger partial charge >= 0.3 is 0 Å². The zero-order valence-corrected chi connectivity index (χ0v) is 18.1. The zero-order valence-electron chi connectivity index (χ0n) is 18.1. The molecule has 2 aromatic rings. The predicted octanol–water partition coefficient (Wildman–Crippen LogP) is 2.22. The number of nitriles is 1. The molecule has 1 N–H and O–H groups in total. The van der Waals surface area contributed by atoms with Crippen molar-refractivity contribution < 1.29 is 22.7 Å². The van der Waals surface area contributed by atoms with Crippen LogP contribution in [0.3, 0.4) is 0 Å². The first kappa shape index (κ1) is 23.2. The van der Waals surface area contributed by atoms with Gasteiger partial charge < -0.3 is 10.1 Å². The van der Waals surface area contributed by atoms with Crippen LogP contribution >= 0.6 is 0 Å². The summed E-state index contributed by atoms with van der Waals surface area (Å²) >= 11 is 0. The van der Waals surface area contributed by atoms with Crippen LogP contribution in [0.25, 0.3) is 0 Å². The van der Waals surface area contributed by atoms with Crippen molar-refractivity contribution in [1.29, 1.82) is 5.26 Å². The first-order chi connectivity index (χ1) is 15.9. The van der Waals surface area contributed by atoms with Gasteiger partial charge in [0.25, 0.3) is 0 Å². The van der Waals surface area contributed by atoms with Crippen molar-refractivity contribution in [2.24, 2.45) is 0 Å². The van der Waals surface area contributed by atoms with Crippen LogP contribution in [0.4, 0.5) is 13.2 Å². The van der Waals surface area contributed by atoms with Crippen molar-refractivity contribution in [3.8, 4) is 6.07 Å². The fraction of sp³-hybridized carbons (Fsp3) is 0.417. The van der Waals surface area contributed by atoms with Gasteiger partial charge in [0.05, 0.1) is 30.4 Å². The Balaban J connectivity index is 1.24. The highest BCUT2D eigenvalue weighted by Crippen LogP contribution is 2.20. The molecule has 2 heterocycles. The van der Waals surface area contributed by atoms with Gasteiger partial charge in [-0.1, -0.05) is 18.2 Å². The molecular formula is C24H25F3N4O2. The normalized spacial score (nSPS) is 20.9. The average Bonchev–Trinajstić information content (AvgIpc) is 2.77. The molecule has 33 heavy (non-hydrogen) atoms. The molecule has 2 aromatic carbocycles. The molecule has 2 atom stereocenters. The number of fused-ring (bicyclic) bond motifs is 2. The maximum atomic E-state index is 14.0. The van der Waals surface area contributed by atoms with Crippen LogP contribution in [0.5, 0.6) is 0 Å². The largest absolute Gasteiger partial charge is 0.370 e. The van der Waals surface area contributed by atoms with Gasteiger partial charge in [0.15, 0.2) is 0 Å². The van der Waals surface area contributed by atoms with E-state index >= 15 is 0 Å². The predicted molar refractivity (Wildman–Crippen MR) is 115 cm³/mol. The van der Waals surface area contributed by atoms with Gasteiger partial charge in [-0.2, -0.15) is 5.26 Å². The molecule has 0 saturated carbocycles. The average molecular weight is 458 g/mol. The minimum Gasteiger partial charge on any atom is -0.370 e. The molecule has 0 spiro atoms. The van der Waals surface area contributed by atoms with Gasteiger partial charge in [-0.25, -0.2) is 13.2 Å². The molecule has 2 aliphatic rings. The van der Waals surface area contributed by atoms with Gasteiger partial charge in [0.1, 0.15) is 17.5 Å². The summed E-state index contributed by atoms with van der Waals surface area (Å²) in [4.78, 5) is 16.6. The molecule has 4 rings (SSSR count). The molecule has 2 unspecified atom stereocenters. The standard InChI is InChI=1S/C24H25F3N4O2/c25-21-4-2-1-3-17(21)5-6-30-11-18-13-31(14-19(12-30)33-18)15-24(32)29-10-20-22(26)7-16(9-28)8-23(20)27/h1-4,7-8,18-19H,5-6,10-15H2,(H,29,32). The Morgan fingerprint density at radius 1 is 1.03 bits per heavy atom. The minimum absolute atomic E-state index is 0.0562. The first-order valence-corrected chi connectivity index (χ1v) is 10.9. The van der Waals surface area contributed by atoms with Gasteiger partial charge in [-0.05, 0) is 30.2 Å². The van der Waals surface area contributed by atoms with Crippen molar-refractivity contribution >= 4 is 5.91 Å². The SMILES string of the molecule is N#Cc1cc(F)c(CNC(=O)CN2CC3CN(CCc4ccccc4F)CC(C2)O3)c(F)c1. The number of hydrogen-bond donors (Lipinski definition) is 1. The zero-order chi connectivity index (χ0) is 23.4. The maximum Gasteiger partial charge on any atom is 0.234 e. The summed E-state index contributed by atoms with van der Waals surface area (Å²) in [6.07, 6.45) is 0.513. The highest BCUT2D eigenvalue weighted by molar-refractivity contribution is 5.78. The number of hydrogen-bond acceptors (Lipinski definition) is 5. The van der Waals surface area contributed by atoms with Crippen molar-refractivity contribution in [2.45, 2.75) is 25.2 Å². The lowest BCUT2D eigenvalue weighted by Gasteiger charge is -2.45. The molecule has 0 radical (unpaired) electrons. The number of nitrogens with one attached hydrogen (secondary N) is 1. The van der Waals surface area contributed by atoms with E-state index in [1.54, 1.807) is 18.2 Å². The van der Waals surface area contributed by atoms with Crippen molar-refractivity contribution in [3.63, 3.8) is 0 Å². The van der Waals surface area contributed by atoms with E-state index in [2.05, 4.69) is 10.2 Å². The van der Waals surface area contributed by atoms with E-state index in [9.17, 15) is 18.0 Å². The number of morpholine rings is 2. The van der Waals surface area contributed by atoms with Crippen molar-refractivity contribution in [1.82, 2.24) is 15.1 Å². The molecule has 2 fully saturated rings. The second kappa shape index (κ2) is 10.3. The van der Waals surface area contributed by atoms with Crippen LogP contribution in [0.1, 0.15) is 16.7 Å². The Morgan fingerprint density at radius 3 is 2.30 bits per heavy atom. The Bertz CT molecular complexity index is 1020. The number of rotatable bonds is 7. The summed E-state index contributed by atoms with van der Waals surface area (Å²) < 4.78 is 47.9. The number of nitrogens with zero attached hydrogens (tertiary/aromatic N) is 3. The van der Waals surface area contributed by atoms with Crippen LogP contribution < -0.4 is 5.32 Å². The van der Waals surface area contributed by atoms with Gasteiger partial charge in [-0.15, -0.1) is 0 Å². The number of carbonyl (C=O) groups excluding carboxylic acids is 1. The maximum absolute atomic E-state index is 14.0. The number of ether oxygens (including phenoxy) is 1. The Morgan fingerprint density at radius 2 is 1.67 bits per heavy atom. The number of amides is 1. The van der Waals surface area contributed by atoms with Crippen LogP contribution in [0.15, 0.2) is 36.4 Å². The third-order valence-corrected chi connectivity index (χ3v) is 5.99. The summed E-state index contributed by atoms with van der Waals surface area (Å²) in [5.74, 6) is -2.25. The second-order valence-corrected chi connectivity index (χ2v) is 8.48. The van der Waals surface area contributed by atoms with Crippen molar-refractivity contribution in [3.05, 3.63) is 70.5 Å². The van der Waals surface area contributed by atoms with E-state index in [1.165, 1.54) is 6.07 Å². The highest BCUT2D eigenvalue weighted by atomic mass is 19.1. The van der Waals surface area contributed by atoms with E-state index in [0.717, 1.165) is 18.7 Å². The summed E-state index contributed by atoms with van der Waals surface area (Å²) in [7, 11) is 0. The molecule has 1 amide bonds. The van der Waals surface area contributed by atoms with E-state index in [4.69, 9.17) is 10.00 Å². The van der Waals surface area contributed by atoms with Crippen LogP contribution in [-0.4, -0.2) is 67.2 Å². The Labute approximate surface area is 190 Å². The Hall–Kier alpha value is -2.93. The lowest BCUT2D eigenvalue weighted by Crippen LogP contribution is -2.60. The third-order valence-electron chi connectivity index (χ3n) is 5.99. The number of carbonyl (C=O) groups is 1. The van der Waals surface area contributed by atoms with E-state index in [1.807, 2.05) is 11.0 Å². The first-order valence-electron chi connectivity index (χ1n) is 10.9. The fourth-order valence-electron chi connectivity index (χ4n) is 4.43. The molecule has 6 nitrogen and oxygen atoms in total. The summed E-state index contributed by atoms with van der Waals surface area (Å²) in [5, 5.41) is 11.3. The summed E-state index contributed by atoms with van der Waals surface area (Å²) in [6, 6.07) is 10.4. The topological polar surface area (TPSA) is 68.6 Å². The summed E-state index contributed by atoms with van der Waals surface area (Å²) in [5.41, 5.74) is 0.317. The van der Waals surface area contributed by atoms with Crippen LogP contribution in [0, 0.1) is 28.8 Å². The van der Waals surface area contributed by atoms with Gasteiger partial charge in [-0.3, -0.25) is 14.6 Å². The molecule has 174 valence electrons. The molecule has 2 saturated heterocycles. The monoisotopic (exact) mass is 458 g/mol. The molecule has 0 aliphatic carbocycles. The minimum atomic E-state index is -0.858. The molecule has 9 heteroatoms. The second-order valence-electron chi connectivity index (χ2n) is 8.48. The quantitative estimate of drug-likeness (QED) is 0.689. The lowest BCUT2D eigenvalue weighted by atomic mass is 10.1. The molecule has 2 bridgehead atoms. The molecular weight excluding hydrogens is 433 g/mol. The Kier molecular flexibility index (Phi) is 7.28. The van der Waals surface area contributed by atoms with Gasteiger partial charge in [0, 0.05) is 44.8 Å². The molecule has 0 aromatic heterocycles. The fourth-order valence-corrected chi connectivity index (χ4v) is 4.43. The van der Waals surface area contributed by atoms with Crippen LogP contribution in [-0.2, 0) is 22.5 Å². The van der Waals surface area contributed by atoms with Crippen molar-refractivity contribution in [2.75, 3.05) is 39.3 Å². The smallest absolute Gasteiger partial charge is 0.234 e. The molecule has 2 aliphatic heterocycles. The third kappa shape index (κ3) is 5.90. The number of halogens is 3. The highest BCUT2D eigenvalue weighted by Gasteiger charge is 2.35. The summed E-state index contributed by atoms with van der Waals surface area (Å²) in [6.45, 7) is 3.09.